The second-order valence-electron chi connectivity index (χ2n) is 7.52. The number of aromatic nitrogens is 4. The zero-order chi connectivity index (χ0) is 20.4. The molecule has 8 nitrogen and oxygen atoms in total. The van der Waals surface area contributed by atoms with Gasteiger partial charge in [-0.05, 0) is 23.8 Å². The molecule has 4 rings (SSSR count). The third-order valence-corrected chi connectivity index (χ3v) is 5.04. The standard InChI is InChI=1S/C21H24N6O2/c1-14(2)21(29)26-6-7-27-19(13-26)9-18(25-27)12-22-20(28)16-5-3-4-15(8-16)17-10-23-24-11-17/h3-5,8-11,14H,6-7,12-13H2,1-2H3,(H,22,28)(H,23,24). The number of nitrogens with zero attached hydrogens (tertiary/aromatic N) is 4. The van der Waals surface area contributed by atoms with Gasteiger partial charge in [0.25, 0.3) is 5.91 Å². The van der Waals surface area contributed by atoms with Crippen LogP contribution < -0.4 is 5.32 Å². The Hall–Kier alpha value is -3.42. The van der Waals surface area contributed by atoms with Crippen molar-refractivity contribution in [3.8, 4) is 11.1 Å². The van der Waals surface area contributed by atoms with E-state index in [0.29, 0.717) is 31.7 Å². The van der Waals surface area contributed by atoms with Crippen molar-refractivity contribution in [2.75, 3.05) is 6.54 Å². The van der Waals surface area contributed by atoms with Crippen LogP contribution in [0.1, 0.15) is 35.6 Å². The van der Waals surface area contributed by atoms with Crippen LogP contribution in [0.15, 0.2) is 42.7 Å². The summed E-state index contributed by atoms with van der Waals surface area (Å²) in [7, 11) is 0. The highest BCUT2D eigenvalue weighted by atomic mass is 16.2. The van der Waals surface area contributed by atoms with E-state index in [-0.39, 0.29) is 17.7 Å². The number of H-pyrrole nitrogens is 1. The monoisotopic (exact) mass is 392 g/mol. The van der Waals surface area contributed by atoms with Crippen molar-refractivity contribution in [3.63, 3.8) is 0 Å². The highest BCUT2D eigenvalue weighted by Gasteiger charge is 2.24. The van der Waals surface area contributed by atoms with Gasteiger partial charge in [-0.3, -0.25) is 19.4 Å². The third kappa shape index (κ3) is 4.06. The van der Waals surface area contributed by atoms with Crippen LogP contribution in [0, 0.1) is 5.92 Å². The van der Waals surface area contributed by atoms with Crippen LogP contribution in [0.4, 0.5) is 0 Å². The summed E-state index contributed by atoms with van der Waals surface area (Å²) in [5.74, 6) is -0.0104. The molecule has 3 heterocycles. The number of hydrogen-bond donors (Lipinski definition) is 2. The van der Waals surface area contributed by atoms with E-state index in [1.54, 1.807) is 18.5 Å². The summed E-state index contributed by atoms with van der Waals surface area (Å²) >= 11 is 0. The lowest BCUT2D eigenvalue weighted by Gasteiger charge is -2.29. The van der Waals surface area contributed by atoms with E-state index < -0.39 is 0 Å². The van der Waals surface area contributed by atoms with Gasteiger partial charge in [-0.1, -0.05) is 26.0 Å². The van der Waals surface area contributed by atoms with Crippen molar-refractivity contribution in [2.45, 2.75) is 33.5 Å². The molecule has 2 N–H and O–H groups in total. The number of carbonyl (C=O) groups excluding carboxylic acids is 2. The first-order valence-corrected chi connectivity index (χ1v) is 9.73. The van der Waals surface area contributed by atoms with E-state index in [2.05, 4.69) is 20.6 Å². The smallest absolute Gasteiger partial charge is 0.251 e. The number of amides is 2. The maximum absolute atomic E-state index is 12.6. The van der Waals surface area contributed by atoms with E-state index in [9.17, 15) is 9.59 Å². The largest absolute Gasteiger partial charge is 0.346 e. The highest BCUT2D eigenvalue weighted by Crippen LogP contribution is 2.19. The number of nitrogens with one attached hydrogen (secondary N) is 2. The Morgan fingerprint density at radius 1 is 1.21 bits per heavy atom. The molecule has 1 aromatic carbocycles. The normalized spacial score (nSPS) is 13.4. The number of fused-ring (bicyclic) bond motifs is 1. The Morgan fingerprint density at radius 3 is 2.83 bits per heavy atom. The van der Waals surface area contributed by atoms with E-state index in [0.717, 1.165) is 22.5 Å². The van der Waals surface area contributed by atoms with Crippen molar-refractivity contribution in [2.24, 2.45) is 5.92 Å². The van der Waals surface area contributed by atoms with Gasteiger partial charge in [-0.2, -0.15) is 10.2 Å². The van der Waals surface area contributed by atoms with Gasteiger partial charge >= 0.3 is 0 Å². The van der Waals surface area contributed by atoms with Crippen LogP contribution in [0.2, 0.25) is 0 Å². The molecule has 0 unspecified atom stereocenters. The number of rotatable bonds is 5. The maximum atomic E-state index is 12.6. The number of aromatic amines is 1. The summed E-state index contributed by atoms with van der Waals surface area (Å²) in [6, 6.07) is 9.38. The quantitative estimate of drug-likeness (QED) is 0.696. The Morgan fingerprint density at radius 2 is 2.07 bits per heavy atom. The molecule has 29 heavy (non-hydrogen) atoms. The summed E-state index contributed by atoms with van der Waals surface area (Å²) < 4.78 is 1.92. The highest BCUT2D eigenvalue weighted by molar-refractivity contribution is 5.95. The third-order valence-electron chi connectivity index (χ3n) is 5.04. The van der Waals surface area contributed by atoms with Crippen LogP contribution in [0.5, 0.6) is 0 Å². The van der Waals surface area contributed by atoms with Gasteiger partial charge in [0.15, 0.2) is 0 Å². The van der Waals surface area contributed by atoms with Gasteiger partial charge in [0, 0.05) is 29.8 Å². The molecule has 0 bridgehead atoms. The average molecular weight is 392 g/mol. The SMILES string of the molecule is CC(C)C(=O)N1CCn2nc(CNC(=O)c3cccc(-c4cn[nH]c4)c3)cc2C1. The van der Waals surface area contributed by atoms with Crippen LogP contribution >= 0.6 is 0 Å². The van der Waals surface area contributed by atoms with Crippen molar-refractivity contribution >= 4 is 11.8 Å². The topological polar surface area (TPSA) is 95.9 Å². The molecule has 1 aliphatic heterocycles. The second kappa shape index (κ2) is 7.90. The predicted octanol–water partition coefficient (Wildman–Crippen LogP) is 2.20. The molecule has 0 fully saturated rings. The summed E-state index contributed by atoms with van der Waals surface area (Å²) in [6.45, 7) is 6.07. The van der Waals surface area contributed by atoms with Crippen molar-refractivity contribution < 1.29 is 9.59 Å². The predicted molar refractivity (Wildman–Crippen MR) is 108 cm³/mol. The molecule has 8 heteroatoms. The van der Waals surface area contributed by atoms with Gasteiger partial charge in [0.2, 0.25) is 5.91 Å². The molecule has 0 spiro atoms. The van der Waals surface area contributed by atoms with Gasteiger partial charge in [-0.15, -0.1) is 0 Å². The lowest BCUT2D eigenvalue weighted by atomic mass is 10.1. The van der Waals surface area contributed by atoms with Gasteiger partial charge in [0.05, 0.1) is 37.2 Å². The first-order chi connectivity index (χ1) is 14.0. The Kier molecular flexibility index (Phi) is 5.16. The summed E-state index contributed by atoms with van der Waals surface area (Å²) in [5, 5.41) is 14.2. The Bertz CT molecular complexity index is 1020. The number of benzene rings is 1. The van der Waals surface area contributed by atoms with Crippen molar-refractivity contribution in [1.29, 1.82) is 0 Å². The molecule has 150 valence electrons. The van der Waals surface area contributed by atoms with E-state index >= 15 is 0 Å². The molecular formula is C21H24N6O2. The first-order valence-electron chi connectivity index (χ1n) is 9.73. The second-order valence-corrected chi connectivity index (χ2v) is 7.52. The fourth-order valence-corrected chi connectivity index (χ4v) is 3.49. The van der Waals surface area contributed by atoms with Crippen molar-refractivity contribution in [3.05, 3.63) is 59.7 Å². The molecule has 2 amide bonds. The van der Waals surface area contributed by atoms with Gasteiger partial charge < -0.3 is 10.2 Å². The molecule has 3 aromatic rings. The van der Waals surface area contributed by atoms with Crippen molar-refractivity contribution in [1.82, 2.24) is 30.2 Å². The van der Waals surface area contributed by atoms with Gasteiger partial charge in [-0.25, -0.2) is 0 Å². The molecule has 1 aliphatic rings. The lowest BCUT2D eigenvalue weighted by molar-refractivity contribution is -0.136. The summed E-state index contributed by atoms with van der Waals surface area (Å²) in [5.41, 5.74) is 4.23. The minimum Gasteiger partial charge on any atom is -0.346 e. The minimum atomic E-state index is -0.155. The van der Waals surface area contributed by atoms with Gasteiger partial charge in [0.1, 0.15) is 0 Å². The average Bonchev–Trinajstić information content (AvgIpc) is 3.40. The van der Waals surface area contributed by atoms with E-state index in [1.165, 1.54) is 0 Å². The molecule has 0 aliphatic carbocycles. The van der Waals surface area contributed by atoms with E-state index in [4.69, 9.17) is 0 Å². The van der Waals surface area contributed by atoms with Crippen LogP contribution in [0.3, 0.4) is 0 Å². The lowest BCUT2D eigenvalue weighted by Crippen LogP contribution is -2.40. The zero-order valence-electron chi connectivity index (χ0n) is 16.6. The summed E-state index contributed by atoms with van der Waals surface area (Å²) in [6.07, 6.45) is 3.51. The fraction of sp³-hybridized carbons (Fsp3) is 0.333. The number of hydrogen-bond acceptors (Lipinski definition) is 4. The van der Waals surface area contributed by atoms with Crippen LogP contribution in [0.25, 0.3) is 11.1 Å². The molecule has 0 saturated carbocycles. The first kappa shape index (κ1) is 18.9. The number of carbonyl (C=O) groups is 2. The van der Waals surface area contributed by atoms with Crippen LogP contribution in [-0.2, 0) is 24.4 Å². The Labute approximate surface area is 168 Å². The molecule has 0 saturated heterocycles. The Balaban J connectivity index is 1.40. The maximum Gasteiger partial charge on any atom is 0.251 e. The molecular weight excluding hydrogens is 368 g/mol. The molecule has 0 radical (unpaired) electrons. The fourth-order valence-electron chi connectivity index (χ4n) is 3.49. The van der Waals surface area contributed by atoms with E-state index in [1.807, 2.05) is 47.7 Å². The van der Waals surface area contributed by atoms with Crippen LogP contribution in [-0.4, -0.2) is 43.2 Å². The summed E-state index contributed by atoms with van der Waals surface area (Å²) in [4.78, 5) is 26.7. The minimum absolute atomic E-state index is 0.0129. The zero-order valence-corrected chi connectivity index (χ0v) is 16.6. The molecule has 2 aromatic heterocycles. The molecule has 0 atom stereocenters.